The molecule has 1 aliphatic rings. The number of cyclic esters (lactones) is 1. The van der Waals surface area contributed by atoms with Gasteiger partial charge in [0, 0.05) is 22.1 Å². The molecule has 2 aromatic rings. The molecule has 3 rings (SSSR count). The van der Waals surface area contributed by atoms with Crippen LogP contribution in [0.3, 0.4) is 0 Å². The summed E-state index contributed by atoms with van der Waals surface area (Å²) in [5.74, 6) is -3.08. The number of hydrogen-bond donors (Lipinski definition) is 0. The van der Waals surface area contributed by atoms with Crippen molar-refractivity contribution in [2.45, 2.75) is 4.90 Å². The fourth-order valence-electron chi connectivity index (χ4n) is 2.47. The van der Waals surface area contributed by atoms with Gasteiger partial charge in [0.25, 0.3) is 0 Å². The van der Waals surface area contributed by atoms with Crippen molar-refractivity contribution in [3.63, 3.8) is 0 Å². The fourth-order valence-corrected chi connectivity index (χ4v) is 2.90. The van der Waals surface area contributed by atoms with E-state index in [9.17, 15) is 18.0 Å². The van der Waals surface area contributed by atoms with Crippen molar-refractivity contribution in [2.75, 3.05) is 13.7 Å². The van der Waals surface area contributed by atoms with Gasteiger partial charge in [-0.3, -0.25) is 0 Å². The van der Waals surface area contributed by atoms with Crippen molar-refractivity contribution in [1.29, 1.82) is 0 Å². The van der Waals surface area contributed by atoms with Gasteiger partial charge in [-0.25, -0.2) is 22.9 Å². The highest BCUT2D eigenvalue weighted by atomic mass is 32.2. The third-order valence-electron chi connectivity index (χ3n) is 3.47. The summed E-state index contributed by atoms with van der Waals surface area (Å²) in [6.45, 7) is -0.190. The van der Waals surface area contributed by atoms with Crippen molar-refractivity contribution in [3.8, 4) is 0 Å². The van der Waals surface area contributed by atoms with Crippen LogP contribution in [0.4, 0.5) is 13.2 Å². The molecule has 8 heteroatoms. The normalized spacial score (nSPS) is 14.2. The van der Waals surface area contributed by atoms with Crippen LogP contribution in [0.5, 0.6) is 0 Å². The Bertz CT molecular complexity index is 847. The molecule has 25 heavy (non-hydrogen) atoms. The molecule has 0 radical (unpaired) electrons. The number of rotatable bonds is 5. The summed E-state index contributed by atoms with van der Waals surface area (Å²) in [5, 5.41) is 0. The first-order chi connectivity index (χ1) is 12.0. The third kappa shape index (κ3) is 3.71. The van der Waals surface area contributed by atoms with Crippen LogP contribution in [-0.2, 0) is 18.8 Å². The highest BCUT2D eigenvalue weighted by Gasteiger charge is 2.29. The van der Waals surface area contributed by atoms with E-state index in [4.69, 9.17) is 4.74 Å². The minimum Gasteiger partial charge on any atom is -0.457 e. The van der Waals surface area contributed by atoms with E-state index in [1.807, 2.05) is 0 Å². The van der Waals surface area contributed by atoms with E-state index in [0.717, 1.165) is 24.2 Å². The van der Waals surface area contributed by atoms with Gasteiger partial charge in [0.1, 0.15) is 24.1 Å². The molecule has 130 valence electrons. The van der Waals surface area contributed by atoms with E-state index in [1.54, 1.807) is 6.07 Å². The monoisotopic (exact) mass is 368 g/mol. The minimum absolute atomic E-state index is 0.00410. The van der Waals surface area contributed by atoms with Gasteiger partial charge in [0.15, 0.2) is 0 Å². The molecule has 0 aromatic heterocycles. The van der Waals surface area contributed by atoms with Crippen LogP contribution in [0.25, 0.3) is 11.1 Å². The molecule has 0 amide bonds. The molecule has 0 saturated carbocycles. The third-order valence-corrected chi connectivity index (χ3v) is 4.12. The first-order valence-electron chi connectivity index (χ1n) is 7.03. The van der Waals surface area contributed by atoms with Crippen molar-refractivity contribution < 1.29 is 31.9 Å². The molecule has 0 spiro atoms. The summed E-state index contributed by atoms with van der Waals surface area (Å²) in [7, 11) is 1.31. The molecule has 1 heterocycles. The Morgan fingerprint density at radius 2 is 1.80 bits per heavy atom. The number of benzene rings is 2. The maximum Gasteiger partial charge on any atom is 0.339 e. The highest BCUT2D eigenvalue weighted by Crippen LogP contribution is 2.35. The molecule has 4 nitrogen and oxygen atoms in total. The van der Waals surface area contributed by atoms with Crippen LogP contribution in [0.15, 0.2) is 41.3 Å². The number of carbonyl (C=O) groups is 1. The predicted octanol–water partition coefficient (Wildman–Crippen LogP) is 4.16. The summed E-state index contributed by atoms with van der Waals surface area (Å²) in [6, 6.07) is 6.87. The number of carbonyl (C=O) groups excluding carboxylic acids is 1. The van der Waals surface area contributed by atoms with Gasteiger partial charge in [-0.2, -0.15) is 4.33 Å². The zero-order chi connectivity index (χ0) is 18.0. The van der Waals surface area contributed by atoms with E-state index in [0.29, 0.717) is 11.0 Å². The zero-order valence-corrected chi connectivity index (χ0v) is 13.7. The molecule has 0 bridgehead atoms. The molecule has 0 aliphatic carbocycles. The minimum atomic E-state index is -0.842. The maximum absolute atomic E-state index is 14.4. The molecular formula is C17H11F3O4S. The van der Waals surface area contributed by atoms with Crippen molar-refractivity contribution >= 4 is 29.2 Å². The summed E-state index contributed by atoms with van der Waals surface area (Å²) in [4.78, 5) is 16.9. The van der Waals surface area contributed by atoms with Crippen LogP contribution >= 0.6 is 12.0 Å². The number of esters is 1. The number of ether oxygens (including phenoxy) is 1. The Hall–Kier alpha value is -2.29. The smallest absolute Gasteiger partial charge is 0.339 e. The molecular weight excluding hydrogens is 357 g/mol. The Morgan fingerprint density at radius 1 is 1.08 bits per heavy atom. The largest absolute Gasteiger partial charge is 0.457 e. The van der Waals surface area contributed by atoms with Gasteiger partial charge in [0.2, 0.25) is 0 Å². The Morgan fingerprint density at radius 3 is 2.44 bits per heavy atom. The molecule has 0 saturated heterocycles. The topological polar surface area (TPSA) is 44.8 Å². The lowest BCUT2D eigenvalue weighted by Gasteiger charge is -2.08. The number of halogens is 3. The maximum atomic E-state index is 14.4. The lowest BCUT2D eigenvalue weighted by molar-refractivity contribution is -0.160. The average molecular weight is 368 g/mol. The Labute approximate surface area is 145 Å². The van der Waals surface area contributed by atoms with Crippen LogP contribution < -0.4 is 0 Å². The molecule has 0 fully saturated rings. The van der Waals surface area contributed by atoms with E-state index < -0.39 is 23.4 Å². The summed E-state index contributed by atoms with van der Waals surface area (Å²) < 4.78 is 51.0. The van der Waals surface area contributed by atoms with Crippen LogP contribution in [-0.4, -0.2) is 19.7 Å². The van der Waals surface area contributed by atoms with Gasteiger partial charge >= 0.3 is 5.97 Å². The number of hydrogen-bond acceptors (Lipinski definition) is 5. The first kappa shape index (κ1) is 17.5. The molecule has 1 aliphatic heterocycles. The van der Waals surface area contributed by atoms with Gasteiger partial charge in [-0.15, -0.1) is 0 Å². The van der Waals surface area contributed by atoms with E-state index in [2.05, 4.69) is 9.22 Å². The second kappa shape index (κ2) is 7.30. The van der Waals surface area contributed by atoms with Crippen molar-refractivity contribution in [3.05, 3.63) is 65.0 Å². The van der Waals surface area contributed by atoms with Gasteiger partial charge in [-0.05, 0) is 29.8 Å². The van der Waals surface area contributed by atoms with E-state index in [-0.39, 0.29) is 28.9 Å². The molecule has 0 N–H and O–H groups in total. The summed E-state index contributed by atoms with van der Waals surface area (Å²) in [5.41, 5.74) is 0.255. The Balaban J connectivity index is 2.07. The molecule has 0 unspecified atom stereocenters. The average Bonchev–Trinajstić information content (AvgIpc) is 2.93. The molecule has 2 aromatic carbocycles. The van der Waals surface area contributed by atoms with Gasteiger partial charge < -0.3 is 4.74 Å². The van der Waals surface area contributed by atoms with E-state index in [1.165, 1.54) is 19.2 Å². The second-order valence-electron chi connectivity index (χ2n) is 5.05. The summed E-state index contributed by atoms with van der Waals surface area (Å²) in [6.07, 6.45) is 0. The fraction of sp³-hybridized carbons (Fsp3) is 0.118. The Kier molecular flexibility index (Phi) is 5.12. The van der Waals surface area contributed by atoms with Crippen LogP contribution in [0, 0.1) is 17.5 Å². The predicted molar refractivity (Wildman–Crippen MR) is 84.5 cm³/mol. The van der Waals surface area contributed by atoms with Crippen molar-refractivity contribution in [1.82, 2.24) is 0 Å². The van der Waals surface area contributed by atoms with Crippen LogP contribution in [0.1, 0.15) is 11.1 Å². The standard InChI is InChI=1S/C17H11F3O4S/c1-22-24-25-12-2-3-13(15(20)7-12)14-8-23-17(21)16(14)9-4-10(18)6-11(19)5-9/h2-7H,8H2,1H3. The van der Waals surface area contributed by atoms with Gasteiger partial charge in [0.05, 0.1) is 24.7 Å². The highest BCUT2D eigenvalue weighted by molar-refractivity contribution is 7.94. The lowest BCUT2D eigenvalue weighted by atomic mass is 9.96. The first-order valence-corrected chi connectivity index (χ1v) is 7.77. The summed E-state index contributed by atoms with van der Waals surface area (Å²) >= 11 is 0.812. The van der Waals surface area contributed by atoms with Crippen LogP contribution in [0.2, 0.25) is 0 Å². The second-order valence-corrected chi connectivity index (χ2v) is 5.82. The quantitative estimate of drug-likeness (QED) is 0.343. The van der Waals surface area contributed by atoms with Crippen molar-refractivity contribution in [2.24, 2.45) is 0 Å². The SMILES string of the molecule is COOSc1ccc(C2=C(c3cc(F)cc(F)c3)C(=O)OC2)c(F)c1. The van der Waals surface area contributed by atoms with Gasteiger partial charge in [-0.1, -0.05) is 6.07 Å². The zero-order valence-electron chi connectivity index (χ0n) is 12.8. The lowest BCUT2D eigenvalue weighted by Crippen LogP contribution is -2.00. The molecule has 0 atom stereocenters. The van der Waals surface area contributed by atoms with E-state index >= 15 is 0 Å².